The third-order valence-corrected chi connectivity index (χ3v) is 17.9. The molecule has 208 valence electrons. The first kappa shape index (κ1) is 26.2. The first-order chi connectivity index (χ1) is 18.5. The standard InChI is InChI=1S/C36H48O2Si/c1-33(2)27-19-21-35(33,5)31(23-27)37-39(38-32-24-28-20-22-36(32,6)34(28,3)4)29(25-13-9-7-10-14-25)17-18-30(39)26-15-11-8-12-16-26/h7-18,27-32H,19-24H2,1-6H3/t27-,28-,29+,30+,31+,32+,35+,36+/m0/s1. The molecule has 0 amide bonds. The van der Waals surface area contributed by atoms with Gasteiger partial charge in [0.2, 0.25) is 0 Å². The van der Waals surface area contributed by atoms with Crippen molar-refractivity contribution in [1.29, 1.82) is 0 Å². The van der Waals surface area contributed by atoms with Crippen LogP contribution in [0.2, 0.25) is 0 Å². The lowest BCUT2D eigenvalue weighted by atomic mass is 9.70. The highest BCUT2D eigenvalue weighted by Gasteiger charge is 2.69. The van der Waals surface area contributed by atoms with E-state index in [4.69, 9.17) is 8.85 Å². The monoisotopic (exact) mass is 540 g/mol. The summed E-state index contributed by atoms with van der Waals surface area (Å²) in [6.45, 7) is 15.1. The zero-order valence-electron chi connectivity index (χ0n) is 25.0. The molecule has 2 aromatic rings. The molecule has 0 spiro atoms. The van der Waals surface area contributed by atoms with Gasteiger partial charge in [-0.2, -0.15) is 0 Å². The Kier molecular flexibility index (Phi) is 5.83. The second-order valence-electron chi connectivity index (χ2n) is 15.3. The number of rotatable bonds is 6. The van der Waals surface area contributed by atoms with Crippen molar-refractivity contribution < 1.29 is 8.85 Å². The van der Waals surface area contributed by atoms with Gasteiger partial charge in [-0.25, -0.2) is 0 Å². The highest BCUT2D eigenvalue weighted by Crippen LogP contribution is 2.69. The Balaban J connectivity index is 1.37. The van der Waals surface area contributed by atoms with Crippen LogP contribution in [0.5, 0.6) is 0 Å². The quantitative estimate of drug-likeness (QED) is 0.269. The average molecular weight is 541 g/mol. The van der Waals surface area contributed by atoms with E-state index in [-0.39, 0.29) is 34.1 Å². The maximum atomic E-state index is 7.90. The first-order valence-electron chi connectivity index (χ1n) is 15.7. The summed E-state index contributed by atoms with van der Waals surface area (Å²) in [6.07, 6.45) is 13.1. The molecule has 39 heavy (non-hydrogen) atoms. The Labute approximate surface area is 237 Å². The first-order valence-corrected chi connectivity index (χ1v) is 17.6. The van der Waals surface area contributed by atoms with Crippen molar-refractivity contribution in [2.24, 2.45) is 33.5 Å². The second-order valence-corrected chi connectivity index (χ2v) is 18.5. The summed E-state index contributed by atoms with van der Waals surface area (Å²) in [5.74, 6) is 1.49. The predicted molar refractivity (Wildman–Crippen MR) is 161 cm³/mol. The van der Waals surface area contributed by atoms with Crippen LogP contribution in [0.3, 0.4) is 0 Å². The summed E-state index contributed by atoms with van der Waals surface area (Å²) in [4.78, 5) is 0. The van der Waals surface area contributed by atoms with Gasteiger partial charge in [0, 0.05) is 11.1 Å². The van der Waals surface area contributed by atoms with Crippen LogP contribution in [0.4, 0.5) is 0 Å². The molecule has 0 aromatic heterocycles. The lowest BCUT2D eigenvalue weighted by Crippen LogP contribution is -2.58. The van der Waals surface area contributed by atoms with Gasteiger partial charge in [-0.1, -0.05) is 114 Å². The second kappa shape index (κ2) is 8.66. The van der Waals surface area contributed by atoms with E-state index in [1.807, 2.05) is 0 Å². The van der Waals surface area contributed by atoms with E-state index in [1.165, 1.54) is 49.7 Å². The molecule has 0 N–H and O–H groups in total. The Bertz CT molecular complexity index is 1150. The molecular weight excluding hydrogens is 492 g/mol. The van der Waals surface area contributed by atoms with Gasteiger partial charge in [0.15, 0.2) is 0 Å². The summed E-state index contributed by atoms with van der Waals surface area (Å²) in [5, 5.41) is 0. The van der Waals surface area contributed by atoms with E-state index in [0.717, 1.165) is 11.8 Å². The summed E-state index contributed by atoms with van der Waals surface area (Å²) in [6, 6.07) is 22.3. The molecule has 0 radical (unpaired) electrons. The summed E-state index contributed by atoms with van der Waals surface area (Å²) >= 11 is 0. The van der Waals surface area contributed by atoms with Crippen LogP contribution in [-0.4, -0.2) is 20.8 Å². The molecule has 4 aliphatic carbocycles. The van der Waals surface area contributed by atoms with Crippen LogP contribution in [-0.2, 0) is 8.85 Å². The van der Waals surface area contributed by atoms with E-state index in [9.17, 15) is 0 Å². The van der Waals surface area contributed by atoms with Gasteiger partial charge in [0.1, 0.15) is 0 Å². The van der Waals surface area contributed by atoms with Gasteiger partial charge in [0.25, 0.3) is 0 Å². The zero-order valence-corrected chi connectivity index (χ0v) is 26.0. The highest BCUT2D eigenvalue weighted by atomic mass is 28.4. The van der Waals surface area contributed by atoms with Crippen molar-refractivity contribution in [1.82, 2.24) is 0 Å². The Morgan fingerprint density at radius 2 is 0.974 bits per heavy atom. The Morgan fingerprint density at radius 1 is 0.590 bits per heavy atom. The van der Waals surface area contributed by atoms with Gasteiger partial charge in [-0.15, -0.1) is 0 Å². The Morgan fingerprint density at radius 3 is 1.28 bits per heavy atom. The fourth-order valence-corrected chi connectivity index (χ4v) is 14.8. The van der Waals surface area contributed by atoms with Crippen molar-refractivity contribution in [2.75, 3.05) is 0 Å². The summed E-state index contributed by atoms with van der Waals surface area (Å²) in [5.41, 5.74) is 4.13. The van der Waals surface area contributed by atoms with Crippen LogP contribution < -0.4 is 0 Å². The van der Waals surface area contributed by atoms with Crippen LogP contribution in [0, 0.1) is 33.5 Å². The molecule has 5 aliphatic rings. The molecular formula is C36H48O2Si. The van der Waals surface area contributed by atoms with Gasteiger partial charge in [-0.3, -0.25) is 0 Å². The molecule has 1 heterocycles. The maximum Gasteiger partial charge on any atom is 0.361 e. The number of allylic oxidation sites excluding steroid dienone is 2. The molecule has 4 fully saturated rings. The van der Waals surface area contributed by atoms with Gasteiger partial charge < -0.3 is 8.85 Å². The largest absolute Gasteiger partial charge is 0.389 e. The molecule has 2 nitrogen and oxygen atoms in total. The van der Waals surface area contributed by atoms with E-state index in [1.54, 1.807) is 0 Å². The van der Waals surface area contributed by atoms with Gasteiger partial charge in [-0.05, 0) is 83.1 Å². The topological polar surface area (TPSA) is 18.5 Å². The van der Waals surface area contributed by atoms with Crippen LogP contribution in [0.25, 0.3) is 0 Å². The van der Waals surface area contributed by atoms with Gasteiger partial charge >= 0.3 is 8.56 Å². The minimum absolute atomic E-state index is 0.195. The predicted octanol–water partition coefficient (Wildman–Crippen LogP) is 9.11. The summed E-state index contributed by atoms with van der Waals surface area (Å²) < 4.78 is 15.8. The third kappa shape index (κ3) is 3.45. The minimum atomic E-state index is -2.91. The molecule has 1 aliphatic heterocycles. The smallest absolute Gasteiger partial charge is 0.361 e. The Hall–Kier alpha value is -1.68. The molecule has 8 atom stereocenters. The molecule has 4 bridgehead atoms. The van der Waals surface area contributed by atoms with E-state index in [0.29, 0.717) is 10.8 Å². The molecule has 4 saturated carbocycles. The van der Waals surface area contributed by atoms with E-state index >= 15 is 0 Å². The minimum Gasteiger partial charge on any atom is -0.389 e. The average Bonchev–Trinajstić information content (AvgIpc) is 3.58. The van der Waals surface area contributed by atoms with Crippen LogP contribution >= 0.6 is 0 Å². The number of benzene rings is 2. The molecule has 3 heteroatoms. The summed E-state index contributed by atoms with van der Waals surface area (Å²) in [7, 11) is -2.91. The molecule has 0 saturated heterocycles. The normalized spacial score (nSPS) is 42.4. The van der Waals surface area contributed by atoms with Crippen LogP contribution in [0.1, 0.15) is 102 Å². The van der Waals surface area contributed by atoms with Crippen LogP contribution in [0.15, 0.2) is 72.8 Å². The van der Waals surface area contributed by atoms with E-state index in [2.05, 4.69) is 114 Å². The number of hydrogen-bond donors (Lipinski definition) is 0. The van der Waals surface area contributed by atoms with Gasteiger partial charge in [0.05, 0.1) is 12.2 Å². The van der Waals surface area contributed by atoms with E-state index < -0.39 is 8.56 Å². The van der Waals surface area contributed by atoms with Crippen molar-refractivity contribution in [2.45, 2.75) is 103 Å². The number of hydrogen-bond acceptors (Lipinski definition) is 2. The fraction of sp³-hybridized carbons (Fsp3) is 0.611. The van der Waals surface area contributed by atoms with Crippen molar-refractivity contribution in [3.63, 3.8) is 0 Å². The molecule has 7 rings (SSSR count). The molecule has 0 unspecified atom stereocenters. The highest BCUT2D eigenvalue weighted by molar-refractivity contribution is 6.72. The lowest BCUT2D eigenvalue weighted by Gasteiger charge is -2.49. The fourth-order valence-electron chi connectivity index (χ4n) is 10.1. The zero-order chi connectivity index (χ0) is 27.3. The lowest BCUT2D eigenvalue weighted by molar-refractivity contribution is -0.0402. The van der Waals surface area contributed by atoms with Crippen molar-refractivity contribution in [3.8, 4) is 0 Å². The SMILES string of the molecule is CC1(C)[C@H]2CC[C@]1(C)[C@H](O[Si]1(O[C@@H]3C[C@@H]4CC[C@@]3(C)C4(C)C)[C@@H](c3ccccc3)C=C[C@@H]1c1ccccc1)C2. The molecule has 2 aromatic carbocycles. The van der Waals surface area contributed by atoms with Crippen molar-refractivity contribution >= 4 is 8.56 Å². The maximum absolute atomic E-state index is 7.90. The number of fused-ring (bicyclic) bond motifs is 4. The third-order valence-electron chi connectivity index (χ3n) is 13.8. The van der Waals surface area contributed by atoms with Crippen molar-refractivity contribution in [3.05, 3.63) is 83.9 Å².